The Bertz CT molecular complexity index is 1250. The molecule has 33 heavy (non-hydrogen) atoms. The van der Waals surface area contributed by atoms with Crippen molar-refractivity contribution in [3.8, 4) is 0 Å². The Labute approximate surface area is 191 Å². The number of rotatable bonds is 5. The van der Waals surface area contributed by atoms with Crippen LogP contribution in [0.4, 0.5) is 5.82 Å². The molecule has 1 saturated heterocycles. The SMILES string of the molecule is CCOC(=O)C1CCN(c2nc3ccccc3n3c(=O)n(CC(=O)NC(C)(C)C)nc23)CC1. The van der Waals surface area contributed by atoms with Crippen LogP contribution in [0, 0.1) is 5.92 Å². The van der Waals surface area contributed by atoms with E-state index in [9.17, 15) is 14.4 Å². The number of piperidine rings is 1. The predicted molar refractivity (Wildman–Crippen MR) is 124 cm³/mol. The third kappa shape index (κ3) is 4.69. The van der Waals surface area contributed by atoms with Crippen LogP contribution >= 0.6 is 0 Å². The highest BCUT2D eigenvalue weighted by molar-refractivity contribution is 5.83. The summed E-state index contributed by atoms with van der Waals surface area (Å²) in [6, 6.07) is 7.36. The van der Waals surface area contributed by atoms with E-state index in [0.717, 1.165) is 0 Å². The van der Waals surface area contributed by atoms with Gasteiger partial charge in [0, 0.05) is 18.6 Å². The summed E-state index contributed by atoms with van der Waals surface area (Å²) in [4.78, 5) is 44.7. The van der Waals surface area contributed by atoms with Crippen molar-refractivity contribution in [1.29, 1.82) is 0 Å². The van der Waals surface area contributed by atoms with E-state index in [1.807, 2.05) is 49.9 Å². The molecule has 0 saturated carbocycles. The van der Waals surface area contributed by atoms with Crippen LogP contribution < -0.4 is 15.9 Å². The minimum Gasteiger partial charge on any atom is -0.466 e. The molecule has 0 unspecified atom stereocenters. The fraction of sp³-hybridized carbons (Fsp3) is 0.522. The lowest BCUT2D eigenvalue weighted by molar-refractivity contribution is -0.148. The van der Waals surface area contributed by atoms with Crippen molar-refractivity contribution < 1.29 is 14.3 Å². The smallest absolute Gasteiger partial charge is 0.351 e. The van der Waals surface area contributed by atoms with Gasteiger partial charge < -0.3 is 15.0 Å². The lowest BCUT2D eigenvalue weighted by atomic mass is 9.97. The zero-order valence-corrected chi connectivity index (χ0v) is 19.5. The predicted octanol–water partition coefficient (Wildman–Crippen LogP) is 1.74. The van der Waals surface area contributed by atoms with Gasteiger partial charge in [0.15, 0.2) is 5.82 Å². The van der Waals surface area contributed by atoms with Gasteiger partial charge in [-0.05, 0) is 52.7 Å². The Kier molecular flexibility index (Phi) is 6.09. The molecule has 0 spiro atoms. The average molecular weight is 455 g/mol. The number of carbonyl (C=O) groups excluding carboxylic acids is 2. The van der Waals surface area contributed by atoms with Gasteiger partial charge in [-0.25, -0.2) is 18.9 Å². The van der Waals surface area contributed by atoms with Crippen molar-refractivity contribution in [3.05, 3.63) is 34.7 Å². The molecule has 10 heteroatoms. The molecule has 0 atom stereocenters. The Hall–Kier alpha value is -3.43. The van der Waals surface area contributed by atoms with E-state index in [1.54, 1.807) is 6.92 Å². The molecule has 4 rings (SSSR count). The fourth-order valence-corrected chi connectivity index (χ4v) is 4.18. The number of amides is 1. The Balaban J connectivity index is 1.72. The Morgan fingerprint density at radius 2 is 1.88 bits per heavy atom. The van der Waals surface area contributed by atoms with Gasteiger partial charge in [0.1, 0.15) is 6.54 Å². The van der Waals surface area contributed by atoms with Crippen molar-refractivity contribution in [3.63, 3.8) is 0 Å². The summed E-state index contributed by atoms with van der Waals surface area (Å²) < 4.78 is 7.86. The quantitative estimate of drug-likeness (QED) is 0.585. The molecule has 1 aliphatic rings. The minimum atomic E-state index is -0.414. The van der Waals surface area contributed by atoms with Crippen LogP contribution in [0.1, 0.15) is 40.5 Å². The minimum absolute atomic E-state index is 0.140. The molecule has 1 N–H and O–H groups in total. The number of anilines is 1. The summed E-state index contributed by atoms with van der Waals surface area (Å²) in [5.74, 6) is -0.0252. The van der Waals surface area contributed by atoms with Crippen LogP contribution in [0.15, 0.2) is 29.1 Å². The van der Waals surface area contributed by atoms with E-state index in [1.165, 1.54) is 9.08 Å². The van der Waals surface area contributed by atoms with Gasteiger partial charge in [0.25, 0.3) is 0 Å². The second-order valence-electron chi connectivity index (χ2n) is 9.33. The van der Waals surface area contributed by atoms with Gasteiger partial charge in [-0.2, -0.15) is 0 Å². The Morgan fingerprint density at radius 3 is 2.55 bits per heavy atom. The molecule has 3 aromatic rings. The number of nitrogens with zero attached hydrogens (tertiary/aromatic N) is 5. The zero-order valence-electron chi connectivity index (χ0n) is 19.5. The van der Waals surface area contributed by atoms with Crippen molar-refractivity contribution >= 4 is 34.4 Å². The molecular formula is C23H30N6O4. The molecule has 3 heterocycles. The highest BCUT2D eigenvalue weighted by atomic mass is 16.5. The van der Waals surface area contributed by atoms with Gasteiger partial charge in [-0.3, -0.25) is 9.59 Å². The summed E-state index contributed by atoms with van der Waals surface area (Å²) in [6.45, 7) is 8.82. The van der Waals surface area contributed by atoms with E-state index in [0.29, 0.717) is 55.0 Å². The molecule has 1 fully saturated rings. The first kappa shape index (κ1) is 22.8. The molecule has 2 aromatic heterocycles. The number of ether oxygens (including phenoxy) is 1. The second kappa shape index (κ2) is 8.84. The van der Waals surface area contributed by atoms with Crippen LogP contribution in [0.25, 0.3) is 16.7 Å². The van der Waals surface area contributed by atoms with Crippen LogP contribution in [0.5, 0.6) is 0 Å². The number of nitrogens with one attached hydrogen (secondary N) is 1. The number of para-hydroxylation sites is 2. The monoisotopic (exact) mass is 454 g/mol. The van der Waals surface area contributed by atoms with E-state index in [-0.39, 0.29) is 24.3 Å². The number of fused-ring (bicyclic) bond motifs is 3. The summed E-state index contributed by atoms with van der Waals surface area (Å²) >= 11 is 0. The van der Waals surface area contributed by atoms with Gasteiger partial charge in [-0.15, -0.1) is 5.10 Å². The third-order valence-corrected chi connectivity index (χ3v) is 5.61. The number of aromatic nitrogens is 4. The first-order valence-electron chi connectivity index (χ1n) is 11.3. The normalized spacial score (nSPS) is 15.2. The van der Waals surface area contributed by atoms with Gasteiger partial charge in [0.2, 0.25) is 11.6 Å². The van der Waals surface area contributed by atoms with Crippen LogP contribution in [0.2, 0.25) is 0 Å². The molecule has 0 radical (unpaired) electrons. The summed E-state index contributed by atoms with van der Waals surface area (Å²) in [6.07, 6.45) is 1.27. The molecule has 1 amide bonds. The van der Waals surface area contributed by atoms with Gasteiger partial charge in [-0.1, -0.05) is 12.1 Å². The third-order valence-electron chi connectivity index (χ3n) is 5.61. The van der Waals surface area contributed by atoms with Gasteiger partial charge >= 0.3 is 11.7 Å². The summed E-state index contributed by atoms with van der Waals surface area (Å²) in [5, 5.41) is 7.36. The van der Waals surface area contributed by atoms with E-state index >= 15 is 0 Å². The largest absolute Gasteiger partial charge is 0.466 e. The average Bonchev–Trinajstić information content (AvgIpc) is 3.08. The fourth-order valence-electron chi connectivity index (χ4n) is 4.18. The van der Waals surface area contributed by atoms with E-state index < -0.39 is 11.2 Å². The Morgan fingerprint density at radius 1 is 1.18 bits per heavy atom. The molecule has 0 bridgehead atoms. The standard InChI is InChI=1S/C23H30N6O4/c1-5-33-21(31)15-10-12-27(13-11-15)19-20-26-28(14-18(30)25-23(2,3)4)22(32)29(20)17-9-7-6-8-16(17)24-19/h6-9,15H,5,10-14H2,1-4H3,(H,25,30). The van der Waals surface area contributed by atoms with E-state index in [4.69, 9.17) is 9.72 Å². The number of benzene rings is 1. The molecule has 1 aromatic carbocycles. The highest BCUT2D eigenvalue weighted by Crippen LogP contribution is 2.27. The molecule has 1 aliphatic heterocycles. The first-order chi connectivity index (χ1) is 15.7. The number of hydrogen-bond donors (Lipinski definition) is 1. The lowest BCUT2D eigenvalue weighted by Gasteiger charge is -2.31. The lowest BCUT2D eigenvalue weighted by Crippen LogP contribution is -2.43. The number of esters is 1. The topological polar surface area (TPSA) is 111 Å². The maximum Gasteiger partial charge on any atom is 0.351 e. The van der Waals surface area contributed by atoms with Crippen molar-refractivity contribution in [2.24, 2.45) is 5.92 Å². The summed E-state index contributed by atoms with van der Waals surface area (Å²) in [7, 11) is 0. The maximum absolute atomic E-state index is 13.3. The van der Waals surface area contributed by atoms with Crippen molar-refractivity contribution in [2.75, 3.05) is 24.6 Å². The molecule has 176 valence electrons. The first-order valence-corrected chi connectivity index (χ1v) is 11.3. The molecule has 10 nitrogen and oxygen atoms in total. The number of hydrogen-bond acceptors (Lipinski definition) is 7. The van der Waals surface area contributed by atoms with Crippen LogP contribution in [-0.2, 0) is 20.9 Å². The van der Waals surface area contributed by atoms with Crippen LogP contribution in [-0.4, -0.2) is 56.3 Å². The molecular weight excluding hydrogens is 424 g/mol. The van der Waals surface area contributed by atoms with Crippen LogP contribution in [0.3, 0.4) is 0 Å². The maximum atomic E-state index is 13.3. The van der Waals surface area contributed by atoms with Crippen molar-refractivity contribution in [2.45, 2.75) is 52.6 Å². The van der Waals surface area contributed by atoms with Gasteiger partial charge in [0.05, 0.1) is 23.6 Å². The van der Waals surface area contributed by atoms with E-state index in [2.05, 4.69) is 10.4 Å². The molecule has 0 aliphatic carbocycles. The summed E-state index contributed by atoms with van der Waals surface area (Å²) in [5.41, 5.74) is 0.883. The zero-order chi connectivity index (χ0) is 23.8. The number of carbonyl (C=O) groups is 2. The van der Waals surface area contributed by atoms with Crippen molar-refractivity contribution in [1.82, 2.24) is 24.5 Å². The second-order valence-corrected chi connectivity index (χ2v) is 9.33. The highest BCUT2D eigenvalue weighted by Gasteiger charge is 2.29.